The average Bonchev–Trinajstić information content (AvgIpc) is 3.02. The number of rotatable bonds is 4. The molecular weight excluding hydrogens is 383 g/mol. The number of nitrogens with two attached hydrogens (primary N) is 1. The summed E-state index contributed by atoms with van der Waals surface area (Å²) in [5.74, 6) is 2.63. The quantitative estimate of drug-likeness (QED) is 0.234. The van der Waals surface area contributed by atoms with Crippen LogP contribution in [0.5, 0.6) is 0 Å². The fraction of sp³-hybridized carbons (Fsp3) is 0.111. The number of nitrogens with zero attached hydrogens (tertiary/aromatic N) is 2. The monoisotopic (exact) mass is 396 g/mol. The van der Waals surface area contributed by atoms with Crippen LogP contribution in [0.15, 0.2) is 42.5 Å². The van der Waals surface area contributed by atoms with Crippen LogP contribution < -0.4 is 11.3 Å². The van der Waals surface area contributed by atoms with Crippen molar-refractivity contribution in [2.24, 2.45) is 5.84 Å². The summed E-state index contributed by atoms with van der Waals surface area (Å²) < 4.78 is 67.0. The SMILES string of the molecule is NNC(=O)/C=C/c1nn(C(F)(F)F)c2cccc(Cc3ccc(F)cc3F)c12. The van der Waals surface area contributed by atoms with Gasteiger partial charge in [0, 0.05) is 23.9 Å². The van der Waals surface area contributed by atoms with Gasteiger partial charge in [-0.25, -0.2) is 14.6 Å². The van der Waals surface area contributed by atoms with Crippen molar-refractivity contribution in [1.29, 1.82) is 0 Å². The van der Waals surface area contributed by atoms with Gasteiger partial charge in [0.25, 0.3) is 5.91 Å². The second-order valence-corrected chi connectivity index (χ2v) is 5.83. The van der Waals surface area contributed by atoms with E-state index in [0.29, 0.717) is 11.6 Å². The first-order chi connectivity index (χ1) is 13.2. The van der Waals surface area contributed by atoms with Crippen LogP contribution in [0.1, 0.15) is 16.8 Å². The number of hydrogen-bond acceptors (Lipinski definition) is 3. The normalized spacial score (nSPS) is 12.1. The van der Waals surface area contributed by atoms with Crippen LogP contribution in [0.4, 0.5) is 22.0 Å². The summed E-state index contributed by atoms with van der Waals surface area (Å²) >= 11 is 0. The van der Waals surface area contributed by atoms with Gasteiger partial charge in [-0.1, -0.05) is 18.2 Å². The molecule has 28 heavy (non-hydrogen) atoms. The van der Waals surface area contributed by atoms with Gasteiger partial charge in [0.05, 0.1) is 11.2 Å². The third-order valence-corrected chi connectivity index (χ3v) is 3.99. The number of amides is 1. The minimum Gasteiger partial charge on any atom is -0.291 e. The number of nitrogens with one attached hydrogen (secondary N) is 1. The van der Waals surface area contributed by atoms with Gasteiger partial charge < -0.3 is 0 Å². The second-order valence-electron chi connectivity index (χ2n) is 5.83. The van der Waals surface area contributed by atoms with Crippen molar-refractivity contribution in [2.75, 3.05) is 0 Å². The zero-order chi connectivity index (χ0) is 20.5. The Balaban J connectivity index is 2.18. The highest BCUT2D eigenvalue weighted by Crippen LogP contribution is 2.32. The smallest absolute Gasteiger partial charge is 0.291 e. The van der Waals surface area contributed by atoms with Crippen molar-refractivity contribution in [1.82, 2.24) is 15.2 Å². The molecule has 1 amide bonds. The Morgan fingerprint density at radius 1 is 1.18 bits per heavy atom. The Hall–Kier alpha value is -3.27. The van der Waals surface area contributed by atoms with Crippen LogP contribution in [-0.4, -0.2) is 15.7 Å². The third kappa shape index (κ3) is 3.86. The summed E-state index contributed by atoms with van der Waals surface area (Å²) in [7, 11) is 0. The van der Waals surface area contributed by atoms with E-state index in [1.165, 1.54) is 24.3 Å². The van der Waals surface area contributed by atoms with Gasteiger partial charge in [-0.3, -0.25) is 10.2 Å². The molecule has 1 heterocycles. The van der Waals surface area contributed by atoms with E-state index >= 15 is 0 Å². The van der Waals surface area contributed by atoms with Crippen LogP contribution in [0.3, 0.4) is 0 Å². The van der Waals surface area contributed by atoms with Crippen LogP contribution >= 0.6 is 0 Å². The van der Waals surface area contributed by atoms with Gasteiger partial charge in [-0.05, 0) is 29.3 Å². The molecule has 0 unspecified atom stereocenters. The maximum absolute atomic E-state index is 14.0. The number of fused-ring (bicyclic) bond motifs is 1. The Morgan fingerprint density at radius 3 is 2.57 bits per heavy atom. The lowest BCUT2D eigenvalue weighted by atomic mass is 9.99. The highest BCUT2D eigenvalue weighted by molar-refractivity contribution is 5.96. The number of alkyl halides is 3. The van der Waals surface area contributed by atoms with E-state index in [2.05, 4.69) is 5.10 Å². The molecule has 0 radical (unpaired) electrons. The van der Waals surface area contributed by atoms with Crippen LogP contribution in [0.25, 0.3) is 17.0 Å². The predicted octanol–water partition coefficient (Wildman–Crippen LogP) is 3.38. The zero-order valence-electron chi connectivity index (χ0n) is 14.1. The van der Waals surface area contributed by atoms with Crippen LogP contribution in [-0.2, 0) is 17.5 Å². The topological polar surface area (TPSA) is 72.9 Å². The molecule has 0 aliphatic heterocycles. The molecule has 2 aromatic carbocycles. The molecule has 3 N–H and O–H groups in total. The lowest BCUT2D eigenvalue weighted by Gasteiger charge is -2.09. The third-order valence-electron chi connectivity index (χ3n) is 3.99. The van der Waals surface area contributed by atoms with E-state index in [1.54, 1.807) is 0 Å². The fourth-order valence-corrected chi connectivity index (χ4v) is 2.80. The van der Waals surface area contributed by atoms with Gasteiger partial charge in [-0.2, -0.15) is 9.78 Å². The Kier molecular flexibility index (Phi) is 5.14. The maximum Gasteiger partial charge on any atom is 0.505 e. The standard InChI is InChI=1S/C18H13F5N4O/c19-12-5-4-10(13(20)9-12)8-11-2-1-3-15-17(11)14(6-7-16(28)25-24)26-27(15)18(21,22)23/h1-7,9H,8,24H2,(H,25,28)/b7-6+. The molecule has 3 rings (SSSR count). The van der Waals surface area contributed by atoms with Gasteiger partial charge in [0.15, 0.2) is 0 Å². The van der Waals surface area contributed by atoms with Crippen molar-refractivity contribution in [2.45, 2.75) is 12.7 Å². The van der Waals surface area contributed by atoms with E-state index in [9.17, 15) is 26.7 Å². The Bertz CT molecular complexity index is 1070. The number of benzene rings is 2. The van der Waals surface area contributed by atoms with Gasteiger partial charge in [0.2, 0.25) is 0 Å². The molecule has 10 heteroatoms. The molecule has 0 aliphatic carbocycles. The summed E-state index contributed by atoms with van der Waals surface area (Å²) in [5, 5.41) is 3.62. The van der Waals surface area contributed by atoms with E-state index < -0.39 is 23.8 Å². The average molecular weight is 396 g/mol. The van der Waals surface area contributed by atoms with E-state index in [4.69, 9.17) is 5.84 Å². The first kappa shape index (κ1) is 19.5. The minimum atomic E-state index is -4.81. The number of hydrazine groups is 1. The Morgan fingerprint density at radius 2 is 1.93 bits per heavy atom. The largest absolute Gasteiger partial charge is 0.505 e. The molecule has 0 atom stereocenters. The minimum absolute atomic E-state index is 0.0876. The molecule has 0 fully saturated rings. The molecule has 0 spiro atoms. The molecular formula is C18H13F5N4O. The summed E-state index contributed by atoms with van der Waals surface area (Å²) in [6, 6.07) is 7.07. The van der Waals surface area contributed by atoms with E-state index in [-0.39, 0.29) is 33.3 Å². The number of halogens is 5. The van der Waals surface area contributed by atoms with Crippen molar-refractivity contribution in [3.63, 3.8) is 0 Å². The van der Waals surface area contributed by atoms with Crippen LogP contribution in [0.2, 0.25) is 0 Å². The molecule has 1 aromatic heterocycles. The van der Waals surface area contributed by atoms with Crippen molar-refractivity contribution in [3.05, 3.63) is 70.9 Å². The molecule has 0 saturated carbocycles. The Labute approximate surface area is 155 Å². The van der Waals surface area contributed by atoms with Crippen LogP contribution in [0, 0.1) is 11.6 Å². The van der Waals surface area contributed by atoms with Crippen molar-refractivity contribution >= 4 is 22.9 Å². The maximum atomic E-state index is 14.0. The molecule has 146 valence electrons. The van der Waals surface area contributed by atoms with E-state index in [1.807, 2.05) is 5.43 Å². The van der Waals surface area contributed by atoms with Crippen molar-refractivity contribution < 1.29 is 26.7 Å². The van der Waals surface area contributed by atoms with Gasteiger partial charge in [-0.15, -0.1) is 13.2 Å². The molecule has 5 nitrogen and oxygen atoms in total. The molecule has 3 aromatic rings. The summed E-state index contributed by atoms with van der Waals surface area (Å²) in [5.41, 5.74) is 1.84. The summed E-state index contributed by atoms with van der Waals surface area (Å²) in [4.78, 5) is 11.3. The first-order valence-corrected chi connectivity index (χ1v) is 7.91. The number of hydrogen-bond donors (Lipinski definition) is 2. The van der Waals surface area contributed by atoms with Crippen molar-refractivity contribution in [3.8, 4) is 0 Å². The summed E-state index contributed by atoms with van der Waals surface area (Å²) in [6.45, 7) is 0. The lowest BCUT2D eigenvalue weighted by Crippen LogP contribution is -2.27. The lowest BCUT2D eigenvalue weighted by molar-refractivity contribution is -0.209. The fourth-order valence-electron chi connectivity index (χ4n) is 2.80. The molecule has 0 bridgehead atoms. The molecule has 0 saturated heterocycles. The van der Waals surface area contributed by atoms with Gasteiger partial charge >= 0.3 is 6.30 Å². The second kappa shape index (κ2) is 7.39. The first-order valence-electron chi connectivity index (χ1n) is 7.91. The zero-order valence-corrected chi connectivity index (χ0v) is 14.1. The number of aromatic nitrogens is 2. The highest BCUT2D eigenvalue weighted by Gasteiger charge is 2.34. The highest BCUT2D eigenvalue weighted by atomic mass is 19.4. The number of carbonyl (C=O) groups is 1. The van der Waals surface area contributed by atoms with Gasteiger partial charge in [0.1, 0.15) is 11.6 Å². The van der Waals surface area contributed by atoms with E-state index in [0.717, 1.165) is 18.2 Å². The number of carbonyl (C=O) groups excluding carboxylic acids is 1. The predicted molar refractivity (Wildman–Crippen MR) is 91.6 cm³/mol. The molecule has 0 aliphatic rings. The summed E-state index contributed by atoms with van der Waals surface area (Å²) in [6.07, 6.45) is -2.90.